The van der Waals surface area contributed by atoms with Crippen LogP contribution in [0, 0.1) is 11.8 Å². The maximum Gasteiger partial charge on any atom is 0.416 e. The third-order valence-electron chi connectivity index (χ3n) is 4.68. The van der Waals surface area contributed by atoms with Gasteiger partial charge in [0.05, 0.1) is 11.1 Å². The van der Waals surface area contributed by atoms with Gasteiger partial charge >= 0.3 is 12.4 Å². The van der Waals surface area contributed by atoms with Crippen LogP contribution < -0.4 is 5.32 Å². The average molecular weight is 323 g/mol. The topological polar surface area (TPSA) is 12.0 Å². The van der Waals surface area contributed by atoms with Crippen LogP contribution in [0.3, 0.4) is 0 Å². The van der Waals surface area contributed by atoms with Crippen molar-refractivity contribution in [2.24, 2.45) is 11.8 Å². The molecule has 7 heteroatoms. The highest BCUT2D eigenvalue weighted by atomic mass is 19.4. The molecule has 0 spiro atoms. The summed E-state index contributed by atoms with van der Waals surface area (Å²) in [4.78, 5) is 0. The fourth-order valence-corrected chi connectivity index (χ4v) is 3.67. The lowest BCUT2D eigenvalue weighted by Gasteiger charge is -2.25. The lowest BCUT2D eigenvalue weighted by molar-refractivity contribution is -0.143. The van der Waals surface area contributed by atoms with E-state index < -0.39 is 23.5 Å². The standard InChI is InChI=1S/C15H15F6N/c16-14(17,18)10-5-11(15(19,20)21)7-12(6-10)22-13-4-8-1-2-9(13)3-8/h5-9,13,22H,1-4H2/t8-,9+,13+/m1/s1. The minimum Gasteiger partial charge on any atom is -0.382 e. The molecule has 22 heavy (non-hydrogen) atoms. The number of hydrogen-bond acceptors (Lipinski definition) is 1. The molecule has 2 aliphatic carbocycles. The Hall–Kier alpha value is -1.40. The van der Waals surface area contributed by atoms with Crippen LogP contribution in [0.2, 0.25) is 0 Å². The van der Waals surface area contributed by atoms with E-state index in [-0.39, 0.29) is 17.8 Å². The molecule has 0 aliphatic heterocycles. The Kier molecular flexibility index (Phi) is 3.57. The zero-order chi connectivity index (χ0) is 16.1. The van der Waals surface area contributed by atoms with Crippen LogP contribution >= 0.6 is 0 Å². The van der Waals surface area contributed by atoms with Gasteiger partial charge in [-0.2, -0.15) is 26.3 Å². The number of halogens is 6. The van der Waals surface area contributed by atoms with E-state index in [1.165, 1.54) is 0 Å². The van der Waals surface area contributed by atoms with E-state index in [0.29, 0.717) is 11.8 Å². The quantitative estimate of drug-likeness (QED) is 0.726. The molecule has 2 saturated carbocycles. The number of nitrogens with one attached hydrogen (secondary N) is 1. The van der Waals surface area contributed by atoms with Gasteiger partial charge in [0.1, 0.15) is 0 Å². The third-order valence-corrected chi connectivity index (χ3v) is 4.68. The second-order valence-electron chi connectivity index (χ2n) is 6.22. The van der Waals surface area contributed by atoms with Crippen LogP contribution in [-0.4, -0.2) is 6.04 Å². The first-order valence-electron chi connectivity index (χ1n) is 7.19. The van der Waals surface area contributed by atoms with Crippen molar-refractivity contribution in [2.45, 2.75) is 44.1 Å². The van der Waals surface area contributed by atoms with Gasteiger partial charge in [-0.05, 0) is 49.3 Å². The van der Waals surface area contributed by atoms with Crippen molar-refractivity contribution in [1.29, 1.82) is 0 Å². The van der Waals surface area contributed by atoms with E-state index in [4.69, 9.17) is 0 Å². The molecule has 1 aromatic rings. The normalized spacial score (nSPS) is 28.2. The van der Waals surface area contributed by atoms with Gasteiger partial charge in [-0.3, -0.25) is 0 Å². The predicted octanol–water partition coefficient (Wildman–Crippen LogP) is 5.32. The van der Waals surface area contributed by atoms with Crippen LogP contribution in [0.15, 0.2) is 18.2 Å². The molecule has 1 aromatic carbocycles. The summed E-state index contributed by atoms with van der Waals surface area (Å²) in [5, 5.41) is 2.90. The predicted molar refractivity (Wildman–Crippen MR) is 69.3 cm³/mol. The van der Waals surface area contributed by atoms with E-state index in [1.54, 1.807) is 0 Å². The minimum atomic E-state index is -4.80. The Morgan fingerprint density at radius 1 is 0.818 bits per heavy atom. The molecular formula is C15H15F6N. The fraction of sp³-hybridized carbons (Fsp3) is 0.600. The molecule has 3 rings (SSSR count). The highest BCUT2D eigenvalue weighted by molar-refractivity contribution is 5.51. The average Bonchev–Trinajstić information content (AvgIpc) is 2.98. The van der Waals surface area contributed by atoms with Crippen LogP contribution in [-0.2, 0) is 12.4 Å². The maximum absolute atomic E-state index is 12.8. The number of rotatable bonds is 2. The molecule has 0 unspecified atom stereocenters. The summed E-state index contributed by atoms with van der Waals surface area (Å²) in [6, 6.07) is 1.66. The van der Waals surface area contributed by atoms with Gasteiger partial charge < -0.3 is 5.32 Å². The van der Waals surface area contributed by atoms with Crippen LogP contribution in [0.5, 0.6) is 0 Å². The molecular weight excluding hydrogens is 308 g/mol. The summed E-state index contributed by atoms with van der Waals surface area (Å²) >= 11 is 0. The molecule has 1 nitrogen and oxygen atoms in total. The van der Waals surface area contributed by atoms with Crippen molar-refractivity contribution >= 4 is 5.69 Å². The zero-order valence-corrected chi connectivity index (χ0v) is 11.6. The SMILES string of the molecule is FC(F)(F)c1cc(N[C@H]2C[C@@H]3CC[C@H]2C3)cc(C(F)(F)F)c1. The van der Waals surface area contributed by atoms with Crippen molar-refractivity contribution in [1.82, 2.24) is 0 Å². The largest absolute Gasteiger partial charge is 0.416 e. The van der Waals surface area contributed by atoms with Crippen molar-refractivity contribution in [3.05, 3.63) is 29.3 Å². The Labute approximate surface area is 123 Å². The summed E-state index contributed by atoms with van der Waals surface area (Å²) in [7, 11) is 0. The summed E-state index contributed by atoms with van der Waals surface area (Å²) in [5.74, 6) is 0.907. The van der Waals surface area contributed by atoms with E-state index >= 15 is 0 Å². The monoisotopic (exact) mass is 323 g/mol. The van der Waals surface area contributed by atoms with Gasteiger partial charge in [-0.15, -0.1) is 0 Å². The highest BCUT2D eigenvalue weighted by Gasteiger charge is 2.41. The first-order valence-corrected chi connectivity index (χ1v) is 7.19. The molecule has 0 amide bonds. The van der Waals surface area contributed by atoms with Crippen molar-refractivity contribution in [2.75, 3.05) is 5.32 Å². The molecule has 3 atom stereocenters. The molecule has 122 valence electrons. The number of fused-ring (bicyclic) bond motifs is 2. The lowest BCUT2D eigenvalue weighted by atomic mass is 9.95. The van der Waals surface area contributed by atoms with Crippen LogP contribution in [0.4, 0.5) is 32.0 Å². The van der Waals surface area contributed by atoms with Gasteiger partial charge in [-0.25, -0.2) is 0 Å². The van der Waals surface area contributed by atoms with Crippen LogP contribution in [0.1, 0.15) is 36.8 Å². The first-order chi connectivity index (χ1) is 10.1. The lowest BCUT2D eigenvalue weighted by Crippen LogP contribution is -2.26. The van der Waals surface area contributed by atoms with Gasteiger partial charge in [0.2, 0.25) is 0 Å². The summed E-state index contributed by atoms with van der Waals surface area (Å²) in [5.41, 5.74) is -2.64. The number of benzene rings is 1. The van der Waals surface area contributed by atoms with Gasteiger partial charge in [0.25, 0.3) is 0 Å². The molecule has 2 bridgehead atoms. The Morgan fingerprint density at radius 2 is 1.41 bits per heavy atom. The maximum atomic E-state index is 12.8. The van der Waals surface area contributed by atoms with Gasteiger partial charge in [0, 0.05) is 11.7 Å². The number of anilines is 1. The van der Waals surface area contributed by atoms with Crippen molar-refractivity contribution in [3.8, 4) is 0 Å². The molecule has 0 saturated heterocycles. The van der Waals surface area contributed by atoms with E-state index in [2.05, 4.69) is 5.32 Å². The molecule has 2 aliphatic rings. The molecule has 0 radical (unpaired) electrons. The van der Waals surface area contributed by atoms with E-state index in [9.17, 15) is 26.3 Å². The molecule has 0 aromatic heterocycles. The van der Waals surface area contributed by atoms with Crippen molar-refractivity contribution < 1.29 is 26.3 Å². The first kappa shape index (κ1) is 15.5. The smallest absolute Gasteiger partial charge is 0.382 e. The van der Waals surface area contributed by atoms with Gasteiger partial charge in [0.15, 0.2) is 0 Å². The Morgan fingerprint density at radius 3 is 1.82 bits per heavy atom. The molecule has 1 N–H and O–H groups in total. The summed E-state index contributed by atoms with van der Waals surface area (Å²) in [6.45, 7) is 0. The molecule has 0 heterocycles. The van der Waals surface area contributed by atoms with Crippen LogP contribution in [0.25, 0.3) is 0 Å². The number of alkyl halides is 6. The zero-order valence-electron chi connectivity index (χ0n) is 11.6. The summed E-state index contributed by atoms with van der Waals surface area (Å²) in [6.07, 6.45) is -5.66. The minimum absolute atomic E-state index is 0.0247. The third kappa shape index (κ3) is 3.03. The Bertz CT molecular complexity index is 530. The second kappa shape index (κ2) is 5.06. The van der Waals surface area contributed by atoms with E-state index in [0.717, 1.165) is 37.8 Å². The number of hydrogen-bond donors (Lipinski definition) is 1. The second-order valence-corrected chi connectivity index (χ2v) is 6.22. The Balaban J connectivity index is 1.89. The van der Waals surface area contributed by atoms with Gasteiger partial charge in [-0.1, -0.05) is 6.42 Å². The van der Waals surface area contributed by atoms with E-state index in [1.807, 2.05) is 0 Å². The summed E-state index contributed by atoms with van der Waals surface area (Å²) < 4.78 is 76.8. The van der Waals surface area contributed by atoms with Crippen molar-refractivity contribution in [3.63, 3.8) is 0 Å². The highest BCUT2D eigenvalue weighted by Crippen LogP contribution is 2.46. The fourth-order valence-electron chi connectivity index (χ4n) is 3.67. The molecule has 2 fully saturated rings.